The van der Waals surface area contributed by atoms with E-state index in [-0.39, 0.29) is 40.3 Å². The zero-order valence-corrected chi connectivity index (χ0v) is 23.8. The van der Waals surface area contributed by atoms with E-state index < -0.39 is 21.1 Å². The second-order valence-corrected chi connectivity index (χ2v) is 12.5. The van der Waals surface area contributed by atoms with E-state index in [4.69, 9.17) is 32.5 Å². The van der Waals surface area contributed by atoms with Gasteiger partial charge in [0, 0.05) is 27.4 Å². The number of amides is 1. The van der Waals surface area contributed by atoms with Crippen LogP contribution in [0.5, 0.6) is 5.75 Å². The van der Waals surface area contributed by atoms with Crippen LogP contribution >= 0.6 is 23.2 Å². The Morgan fingerprint density at radius 3 is 2.35 bits per heavy atom. The van der Waals surface area contributed by atoms with Gasteiger partial charge in [-0.25, -0.2) is 12.8 Å². The number of hydrogen-bond acceptors (Lipinski definition) is 7. The molecule has 1 saturated carbocycles. The topological polar surface area (TPSA) is 111 Å². The standard InChI is InChI=1S/C28H24Cl2FN3O5S/c1-3-40(36,37)19-7-4-16(5-8-19)12-24(35)32-17-13-21(29)25(22(30)14-17)28(10-11-28)27-33-26(34-39-27)20-9-6-18(38-2)15-23(20)31/h4-9,13-15H,3,10-12H2,1-2H3,(H,32,35). The quantitative estimate of drug-likeness (QED) is 0.241. The minimum Gasteiger partial charge on any atom is -0.497 e. The molecule has 1 heterocycles. The fourth-order valence-corrected chi connectivity index (χ4v) is 6.23. The number of ether oxygens (including phenoxy) is 1. The van der Waals surface area contributed by atoms with Crippen LogP contribution in [-0.2, 0) is 26.5 Å². The SMILES string of the molecule is CCS(=O)(=O)c1ccc(CC(=O)Nc2cc(Cl)c(C3(c4nc(-c5ccc(OC)cc5F)no4)CC3)c(Cl)c2)cc1. The first-order chi connectivity index (χ1) is 19.1. The highest BCUT2D eigenvalue weighted by Gasteiger charge is 2.53. The van der Waals surface area contributed by atoms with Gasteiger partial charge in [-0.1, -0.05) is 47.4 Å². The van der Waals surface area contributed by atoms with Crippen molar-refractivity contribution in [2.24, 2.45) is 0 Å². The third kappa shape index (κ3) is 5.43. The van der Waals surface area contributed by atoms with Crippen LogP contribution in [-0.4, -0.2) is 37.3 Å². The molecule has 1 aliphatic rings. The lowest BCUT2D eigenvalue weighted by Gasteiger charge is -2.17. The second-order valence-electron chi connectivity index (χ2n) is 9.44. The molecule has 1 aromatic heterocycles. The van der Waals surface area contributed by atoms with E-state index in [1.807, 2.05) is 0 Å². The molecule has 0 bridgehead atoms. The molecule has 5 rings (SSSR count). The molecule has 1 amide bonds. The van der Waals surface area contributed by atoms with E-state index >= 15 is 0 Å². The Balaban J connectivity index is 1.33. The Morgan fingerprint density at radius 2 is 1.77 bits per heavy atom. The summed E-state index contributed by atoms with van der Waals surface area (Å²) in [5.74, 6) is -0.134. The van der Waals surface area contributed by atoms with Gasteiger partial charge in [-0.15, -0.1) is 0 Å². The third-order valence-electron chi connectivity index (χ3n) is 6.83. The maximum Gasteiger partial charge on any atom is 0.237 e. The molecule has 0 radical (unpaired) electrons. The summed E-state index contributed by atoms with van der Waals surface area (Å²) in [6.07, 6.45) is 1.32. The molecule has 12 heteroatoms. The number of nitrogens with zero attached hydrogens (tertiary/aromatic N) is 2. The predicted octanol–water partition coefficient (Wildman–Crippen LogP) is 6.25. The van der Waals surface area contributed by atoms with Crippen molar-refractivity contribution in [3.8, 4) is 17.1 Å². The lowest BCUT2D eigenvalue weighted by atomic mass is 9.95. The van der Waals surface area contributed by atoms with E-state index in [2.05, 4.69) is 15.5 Å². The van der Waals surface area contributed by atoms with Crippen LogP contribution in [0.1, 0.15) is 36.8 Å². The van der Waals surface area contributed by atoms with Gasteiger partial charge in [0.1, 0.15) is 11.6 Å². The first-order valence-electron chi connectivity index (χ1n) is 12.4. The summed E-state index contributed by atoms with van der Waals surface area (Å²) >= 11 is 13.3. The lowest BCUT2D eigenvalue weighted by Crippen LogP contribution is -2.16. The molecule has 0 spiro atoms. The van der Waals surface area contributed by atoms with Crippen molar-refractivity contribution in [3.05, 3.63) is 87.5 Å². The zero-order valence-electron chi connectivity index (χ0n) is 21.5. The highest BCUT2D eigenvalue weighted by Crippen LogP contribution is 2.57. The van der Waals surface area contributed by atoms with Gasteiger partial charge in [0.05, 0.1) is 35.2 Å². The molecule has 4 aromatic rings. The van der Waals surface area contributed by atoms with Crippen LogP contribution in [0.2, 0.25) is 10.0 Å². The number of aromatic nitrogens is 2. The molecule has 0 saturated heterocycles. The summed E-state index contributed by atoms with van der Waals surface area (Å²) in [5, 5.41) is 7.37. The zero-order chi connectivity index (χ0) is 28.7. The maximum atomic E-state index is 14.6. The summed E-state index contributed by atoms with van der Waals surface area (Å²) in [4.78, 5) is 17.3. The summed E-state index contributed by atoms with van der Waals surface area (Å²) < 4.78 is 49.1. The molecule has 1 aliphatic carbocycles. The number of methoxy groups -OCH3 is 1. The van der Waals surface area contributed by atoms with Gasteiger partial charge in [0.25, 0.3) is 0 Å². The molecule has 0 aliphatic heterocycles. The van der Waals surface area contributed by atoms with E-state index in [1.54, 1.807) is 37.3 Å². The highest BCUT2D eigenvalue weighted by molar-refractivity contribution is 7.91. The van der Waals surface area contributed by atoms with E-state index in [1.165, 1.54) is 31.4 Å². The lowest BCUT2D eigenvalue weighted by molar-refractivity contribution is -0.115. The van der Waals surface area contributed by atoms with Crippen LogP contribution in [0.3, 0.4) is 0 Å². The number of sulfone groups is 1. The number of carbonyl (C=O) groups is 1. The van der Waals surface area contributed by atoms with Crippen LogP contribution in [0.25, 0.3) is 11.4 Å². The molecule has 3 aromatic carbocycles. The Kier molecular flexibility index (Phi) is 7.60. The highest BCUT2D eigenvalue weighted by atomic mass is 35.5. The second kappa shape index (κ2) is 10.8. The summed E-state index contributed by atoms with van der Waals surface area (Å²) in [5.41, 5.74) is 1.09. The number of hydrogen-bond donors (Lipinski definition) is 1. The fraction of sp³-hybridized carbons (Fsp3) is 0.250. The van der Waals surface area contributed by atoms with E-state index in [9.17, 15) is 17.6 Å². The van der Waals surface area contributed by atoms with Crippen LogP contribution in [0.15, 0.2) is 64.0 Å². The number of anilines is 1. The van der Waals surface area contributed by atoms with E-state index in [0.29, 0.717) is 45.5 Å². The van der Waals surface area contributed by atoms with Gasteiger partial charge in [-0.2, -0.15) is 4.98 Å². The monoisotopic (exact) mass is 603 g/mol. The van der Waals surface area contributed by atoms with Gasteiger partial charge in [-0.3, -0.25) is 4.79 Å². The minimum atomic E-state index is -3.32. The molecule has 1 N–H and O–H groups in total. The Bertz CT molecular complexity index is 1680. The van der Waals surface area contributed by atoms with E-state index in [0.717, 1.165) is 0 Å². The summed E-state index contributed by atoms with van der Waals surface area (Å²) in [7, 11) is -1.87. The molecule has 0 unspecified atom stereocenters. The van der Waals surface area contributed by atoms with Gasteiger partial charge >= 0.3 is 0 Å². The largest absolute Gasteiger partial charge is 0.497 e. The minimum absolute atomic E-state index is 0.000508. The van der Waals surface area contributed by atoms with Crippen LogP contribution in [0, 0.1) is 5.82 Å². The molecule has 1 fully saturated rings. The van der Waals surface area contributed by atoms with Crippen molar-refractivity contribution < 1.29 is 26.9 Å². The number of rotatable bonds is 9. The van der Waals surface area contributed by atoms with Gasteiger partial charge in [0.2, 0.25) is 17.6 Å². The van der Waals surface area contributed by atoms with Gasteiger partial charge in [-0.05, 0) is 54.8 Å². The Morgan fingerprint density at radius 1 is 1.10 bits per heavy atom. The van der Waals surface area contributed by atoms with Crippen molar-refractivity contribution in [3.63, 3.8) is 0 Å². The number of benzene rings is 3. The molecule has 40 heavy (non-hydrogen) atoms. The van der Waals surface area contributed by atoms with Crippen molar-refractivity contribution in [2.45, 2.75) is 36.5 Å². The summed E-state index contributed by atoms with van der Waals surface area (Å²) in [6.45, 7) is 1.58. The number of carbonyl (C=O) groups excluding carboxylic acids is 1. The molecule has 0 atom stereocenters. The molecular formula is C28H24Cl2FN3O5S. The molecular weight excluding hydrogens is 580 g/mol. The average Bonchev–Trinajstić information content (AvgIpc) is 3.55. The Hall–Kier alpha value is -3.47. The first kappa shape index (κ1) is 28.1. The van der Waals surface area contributed by atoms with Gasteiger partial charge < -0.3 is 14.6 Å². The maximum absolute atomic E-state index is 14.6. The van der Waals surface area contributed by atoms with Crippen molar-refractivity contribution in [2.75, 3.05) is 18.2 Å². The van der Waals surface area contributed by atoms with Crippen molar-refractivity contribution in [1.82, 2.24) is 10.1 Å². The molecule has 8 nitrogen and oxygen atoms in total. The normalized spacial score (nSPS) is 14.1. The third-order valence-corrected chi connectivity index (χ3v) is 9.18. The first-order valence-corrected chi connectivity index (χ1v) is 14.8. The fourth-order valence-electron chi connectivity index (χ4n) is 4.50. The number of halogens is 3. The van der Waals surface area contributed by atoms with Crippen LogP contribution in [0.4, 0.5) is 10.1 Å². The average molecular weight is 604 g/mol. The predicted molar refractivity (Wildman–Crippen MR) is 149 cm³/mol. The van der Waals surface area contributed by atoms with Crippen molar-refractivity contribution >= 4 is 44.6 Å². The van der Waals surface area contributed by atoms with Crippen molar-refractivity contribution in [1.29, 1.82) is 0 Å². The summed E-state index contributed by atoms with van der Waals surface area (Å²) in [6, 6.07) is 13.8. The van der Waals surface area contributed by atoms with Crippen LogP contribution < -0.4 is 10.1 Å². The van der Waals surface area contributed by atoms with Gasteiger partial charge in [0.15, 0.2) is 9.84 Å². The Labute approximate surface area is 240 Å². The molecule has 208 valence electrons. The smallest absolute Gasteiger partial charge is 0.237 e. The number of nitrogens with one attached hydrogen (secondary N) is 1.